The molecule has 0 unspecified atom stereocenters. The number of benzene rings is 1. The molecule has 0 fully saturated rings. The Morgan fingerprint density at radius 1 is 1.29 bits per heavy atom. The number of nitrogens with one attached hydrogen (secondary N) is 1. The summed E-state index contributed by atoms with van der Waals surface area (Å²) in [6.45, 7) is 5.26. The number of alkyl halides is 3. The number of anilines is 1. The highest BCUT2D eigenvalue weighted by Gasteiger charge is 2.31. The minimum Gasteiger partial charge on any atom is -0.444 e. The van der Waals surface area contributed by atoms with Crippen molar-refractivity contribution in [2.75, 3.05) is 11.9 Å². The first-order valence-corrected chi connectivity index (χ1v) is 6.43. The van der Waals surface area contributed by atoms with Gasteiger partial charge in [-0.05, 0) is 51.4 Å². The van der Waals surface area contributed by atoms with E-state index in [-0.39, 0.29) is 12.2 Å². The zero-order chi connectivity index (χ0) is 16.3. The molecule has 0 saturated heterocycles. The fourth-order valence-electron chi connectivity index (χ4n) is 1.66. The van der Waals surface area contributed by atoms with Crippen LogP contribution < -0.4 is 11.1 Å². The summed E-state index contributed by atoms with van der Waals surface area (Å²) < 4.78 is 43.2. The fraction of sp³-hybridized carbons (Fsp3) is 0.500. The summed E-state index contributed by atoms with van der Waals surface area (Å²) in [7, 11) is 0. The van der Waals surface area contributed by atoms with Crippen LogP contribution in [0.2, 0.25) is 0 Å². The maximum Gasteiger partial charge on any atom is 0.416 e. The lowest BCUT2D eigenvalue weighted by atomic mass is 10.1. The Hall–Kier alpha value is -1.76. The van der Waals surface area contributed by atoms with Crippen LogP contribution in [0.25, 0.3) is 0 Å². The first kappa shape index (κ1) is 17.3. The maximum absolute atomic E-state index is 12.7. The summed E-state index contributed by atoms with van der Waals surface area (Å²) in [4.78, 5) is 11.7. The van der Waals surface area contributed by atoms with Gasteiger partial charge in [0.05, 0.1) is 5.56 Å². The summed E-state index contributed by atoms with van der Waals surface area (Å²) >= 11 is 0. The molecule has 0 bridgehead atoms. The van der Waals surface area contributed by atoms with Gasteiger partial charge in [-0.15, -0.1) is 0 Å². The molecule has 0 saturated carbocycles. The second-order valence-electron chi connectivity index (χ2n) is 5.54. The molecule has 1 amide bonds. The third-order valence-corrected chi connectivity index (χ3v) is 2.49. The molecule has 1 aromatic carbocycles. The van der Waals surface area contributed by atoms with Gasteiger partial charge in [0.1, 0.15) is 5.60 Å². The van der Waals surface area contributed by atoms with Crippen molar-refractivity contribution in [2.24, 2.45) is 5.73 Å². The normalized spacial score (nSPS) is 12.1. The Bertz CT molecular complexity index is 508. The first-order valence-electron chi connectivity index (χ1n) is 6.43. The number of rotatable bonds is 3. The number of hydrogen-bond acceptors (Lipinski definition) is 3. The minimum absolute atomic E-state index is 0.0597. The molecule has 0 heterocycles. The molecular weight excluding hydrogens is 285 g/mol. The quantitative estimate of drug-likeness (QED) is 0.897. The predicted octanol–water partition coefficient (Wildman–Crippen LogP) is 3.55. The fourth-order valence-corrected chi connectivity index (χ4v) is 1.66. The molecule has 0 radical (unpaired) electrons. The summed E-state index contributed by atoms with van der Waals surface area (Å²) in [5.41, 5.74) is 4.43. The summed E-state index contributed by atoms with van der Waals surface area (Å²) in [6, 6.07) is 3.16. The van der Waals surface area contributed by atoms with E-state index in [1.54, 1.807) is 20.8 Å². The molecule has 0 aliphatic heterocycles. The number of amides is 1. The van der Waals surface area contributed by atoms with Crippen LogP contribution in [-0.2, 0) is 17.3 Å². The summed E-state index contributed by atoms with van der Waals surface area (Å²) in [5, 5.41) is 2.35. The topological polar surface area (TPSA) is 64.3 Å². The number of carbonyl (C=O) groups is 1. The van der Waals surface area contributed by atoms with Crippen LogP contribution in [0.3, 0.4) is 0 Å². The lowest BCUT2D eigenvalue weighted by Gasteiger charge is -2.21. The number of halogens is 3. The van der Waals surface area contributed by atoms with Crippen LogP contribution in [0.5, 0.6) is 0 Å². The van der Waals surface area contributed by atoms with Crippen LogP contribution in [0.4, 0.5) is 23.7 Å². The standard InChI is InChI=1S/C14H19F3N2O2/c1-13(2,3)21-12(20)19-11-8-10(14(15,16)17)5-4-9(11)6-7-18/h4-5,8H,6-7,18H2,1-3H3,(H,19,20). The Kier molecular flexibility index (Phi) is 5.22. The van der Waals surface area contributed by atoms with Crippen LogP contribution in [0.15, 0.2) is 18.2 Å². The van der Waals surface area contributed by atoms with Gasteiger partial charge in [-0.3, -0.25) is 5.32 Å². The SMILES string of the molecule is CC(C)(C)OC(=O)Nc1cc(C(F)(F)F)ccc1CCN. The van der Waals surface area contributed by atoms with E-state index < -0.39 is 23.4 Å². The second kappa shape index (κ2) is 6.34. The van der Waals surface area contributed by atoms with Gasteiger partial charge < -0.3 is 10.5 Å². The van der Waals surface area contributed by atoms with Crippen molar-refractivity contribution in [3.63, 3.8) is 0 Å². The number of ether oxygens (including phenoxy) is 1. The molecule has 118 valence electrons. The number of carbonyl (C=O) groups excluding carboxylic acids is 1. The zero-order valence-electron chi connectivity index (χ0n) is 12.2. The second-order valence-corrected chi connectivity index (χ2v) is 5.54. The molecular formula is C14H19F3N2O2. The Balaban J connectivity index is 3.04. The Labute approximate surface area is 121 Å². The Morgan fingerprint density at radius 3 is 2.38 bits per heavy atom. The molecule has 0 atom stereocenters. The summed E-state index contributed by atoms with van der Waals surface area (Å²) in [5.74, 6) is 0. The molecule has 0 aliphatic carbocycles. The number of nitrogens with two attached hydrogens (primary N) is 1. The Morgan fingerprint density at radius 2 is 1.90 bits per heavy atom. The highest BCUT2D eigenvalue weighted by Crippen LogP contribution is 2.32. The molecule has 1 aromatic rings. The van der Waals surface area contributed by atoms with Crippen molar-refractivity contribution < 1.29 is 22.7 Å². The van der Waals surface area contributed by atoms with Crippen molar-refractivity contribution >= 4 is 11.8 Å². The highest BCUT2D eigenvalue weighted by atomic mass is 19.4. The average Bonchev–Trinajstić information content (AvgIpc) is 2.27. The van der Waals surface area contributed by atoms with Gasteiger partial charge in [0.25, 0.3) is 0 Å². The van der Waals surface area contributed by atoms with Gasteiger partial charge >= 0.3 is 12.3 Å². The van der Waals surface area contributed by atoms with E-state index in [0.717, 1.165) is 12.1 Å². The van der Waals surface area contributed by atoms with Gasteiger partial charge in [0, 0.05) is 5.69 Å². The lowest BCUT2D eigenvalue weighted by Crippen LogP contribution is -2.27. The minimum atomic E-state index is -4.48. The zero-order valence-corrected chi connectivity index (χ0v) is 12.2. The van der Waals surface area contributed by atoms with Gasteiger partial charge in [0.2, 0.25) is 0 Å². The molecule has 1 rings (SSSR count). The maximum atomic E-state index is 12.7. The van der Waals surface area contributed by atoms with Gasteiger partial charge in [0.15, 0.2) is 0 Å². The lowest BCUT2D eigenvalue weighted by molar-refractivity contribution is -0.137. The van der Waals surface area contributed by atoms with E-state index in [4.69, 9.17) is 10.5 Å². The van der Waals surface area contributed by atoms with Crippen LogP contribution >= 0.6 is 0 Å². The van der Waals surface area contributed by atoms with E-state index in [9.17, 15) is 18.0 Å². The predicted molar refractivity (Wildman–Crippen MR) is 74.1 cm³/mol. The van der Waals surface area contributed by atoms with E-state index in [2.05, 4.69) is 5.32 Å². The van der Waals surface area contributed by atoms with Gasteiger partial charge in [-0.2, -0.15) is 13.2 Å². The third kappa shape index (κ3) is 5.63. The van der Waals surface area contributed by atoms with Gasteiger partial charge in [-0.25, -0.2) is 4.79 Å². The van der Waals surface area contributed by atoms with Crippen molar-refractivity contribution in [2.45, 2.75) is 39.0 Å². The van der Waals surface area contributed by atoms with Crippen LogP contribution in [0.1, 0.15) is 31.9 Å². The molecule has 0 aromatic heterocycles. The smallest absolute Gasteiger partial charge is 0.416 e. The van der Waals surface area contributed by atoms with Crippen molar-refractivity contribution in [3.05, 3.63) is 29.3 Å². The van der Waals surface area contributed by atoms with E-state index in [0.29, 0.717) is 12.0 Å². The van der Waals surface area contributed by atoms with E-state index in [1.807, 2.05) is 0 Å². The molecule has 4 nitrogen and oxygen atoms in total. The first-order chi connectivity index (χ1) is 9.53. The number of hydrogen-bond donors (Lipinski definition) is 2. The third-order valence-electron chi connectivity index (χ3n) is 2.49. The van der Waals surface area contributed by atoms with Crippen molar-refractivity contribution in [3.8, 4) is 0 Å². The van der Waals surface area contributed by atoms with Gasteiger partial charge in [-0.1, -0.05) is 6.07 Å². The van der Waals surface area contributed by atoms with Crippen molar-refractivity contribution in [1.82, 2.24) is 0 Å². The monoisotopic (exact) mass is 304 g/mol. The molecule has 0 aliphatic rings. The molecule has 3 N–H and O–H groups in total. The molecule has 0 spiro atoms. The average molecular weight is 304 g/mol. The van der Waals surface area contributed by atoms with Crippen LogP contribution in [-0.4, -0.2) is 18.2 Å². The summed E-state index contributed by atoms with van der Waals surface area (Å²) in [6.07, 6.45) is -4.94. The van der Waals surface area contributed by atoms with E-state index >= 15 is 0 Å². The largest absolute Gasteiger partial charge is 0.444 e. The highest BCUT2D eigenvalue weighted by molar-refractivity contribution is 5.86. The van der Waals surface area contributed by atoms with Crippen molar-refractivity contribution in [1.29, 1.82) is 0 Å². The van der Waals surface area contributed by atoms with Crippen LogP contribution in [0, 0.1) is 0 Å². The molecule has 7 heteroatoms. The van der Waals surface area contributed by atoms with E-state index in [1.165, 1.54) is 6.07 Å². The molecule has 21 heavy (non-hydrogen) atoms.